The molecule has 2 aromatic heterocycles. The van der Waals surface area contributed by atoms with Gasteiger partial charge in [-0.3, -0.25) is 14.6 Å². The summed E-state index contributed by atoms with van der Waals surface area (Å²) in [6, 6.07) is 17.0. The third-order valence-electron chi connectivity index (χ3n) is 5.92. The number of H-pyrrole nitrogens is 2. The highest BCUT2D eigenvalue weighted by Gasteiger charge is 2.57. The van der Waals surface area contributed by atoms with Gasteiger partial charge in [0.15, 0.2) is 4.77 Å². The molecule has 4 aromatic rings. The Morgan fingerprint density at radius 3 is 2.48 bits per heavy atom. The van der Waals surface area contributed by atoms with Gasteiger partial charge in [-0.2, -0.15) is 5.10 Å². The molecule has 4 N–H and O–H groups in total. The van der Waals surface area contributed by atoms with Gasteiger partial charge in [-0.1, -0.05) is 36.4 Å². The summed E-state index contributed by atoms with van der Waals surface area (Å²) >= 11 is 5.21. The van der Waals surface area contributed by atoms with Gasteiger partial charge < -0.3 is 15.6 Å². The molecule has 0 radical (unpaired) electrons. The Kier molecular flexibility index (Phi) is 3.46. The molecule has 0 unspecified atom stereocenters. The topological polar surface area (TPSA) is 108 Å². The Labute approximate surface area is 181 Å². The van der Waals surface area contributed by atoms with Crippen LogP contribution in [0.25, 0.3) is 5.69 Å². The number of nitrogens with zero attached hydrogens (tertiary/aromatic N) is 2. The first kappa shape index (κ1) is 17.8. The van der Waals surface area contributed by atoms with Crippen LogP contribution < -0.4 is 16.2 Å². The van der Waals surface area contributed by atoms with E-state index in [1.807, 2.05) is 61.5 Å². The molecule has 8 nitrogen and oxygen atoms in total. The molecule has 0 saturated heterocycles. The maximum atomic E-state index is 13.7. The van der Waals surface area contributed by atoms with Crippen molar-refractivity contribution in [1.82, 2.24) is 19.7 Å². The summed E-state index contributed by atoms with van der Waals surface area (Å²) in [5, 5.41) is 11.0. The number of aryl methyl sites for hydroxylation is 1. The highest BCUT2D eigenvalue weighted by Crippen LogP contribution is 2.54. The number of carbonyl (C=O) groups excluding carboxylic acids is 1. The van der Waals surface area contributed by atoms with Crippen molar-refractivity contribution >= 4 is 35.4 Å². The number of rotatable bonds is 1. The van der Waals surface area contributed by atoms with Crippen LogP contribution in [0.3, 0.4) is 0 Å². The van der Waals surface area contributed by atoms with E-state index in [2.05, 4.69) is 20.6 Å². The van der Waals surface area contributed by atoms with Gasteiger partial charge in [0.05, 0.1) is 16.9 Å². The predicted octanol–water partition coefficient (Wildman–Crippen LogP) is 3.27. The van der Waals surface area contributed by atoms with Crippen molar-refractivity contribution < 1.29 is 4.79 Å². The highest BCUT2D eigenvalue weighted by atomic mass is 32.1. The lowest BCUT2D eigenvalue weighted by Crippen LogP contribution is -2.45. The predicted molar refractivity (Wildman–Crippen MR) is 119 cm³/mol. The first-order chi connectivity index (χ1) is 15.0. The molecule has 2 aromatic carbocycles. The van der Waals surface area contributed by atoms with E-state index in [0.717, 1.165) is 5.69 Å². The van der Waals surface area contributed by atoms with E-state index in [0.29, 0.717) is 34.1 Å². The van der Waals surface area contributed by atoms with Gasteiger partial charge >= 0.3 is 0 Å². The first-order valence-corrected chi connectivity index (χ1v) is 10.1. The molecule has 152 valence electrons. The average molecular weight is 428 g/mol. The summed E-state index contributed by atoms with van der Waals surface area (Å²) in [7, 11) is 0. The number of anilines is 3. The van der Waals surface area contributed by atoms with Crippen molar-refractivity contribution in [3.63, 3.8) is 0 Å². The van der Waals surface area contributed by atoms with Gasteiger partial charge in [0.2, 0.25) is 5.91 Å². The number of hydrogen-bond donors (Lipinski definition) is 4. The van der Waals surface area contributed by atoms with Crippen molar-refractivity contribution in [3.05, 3.63) is 92.1 Å². The number of amides is 1. The molecular weight excluding hydrogens is 412 g/mol. The van der Waals surface area contributed by atoms with E-state index in [-0.39, 0.29) is 16.2 Å². The lowest BCUT2D eigenvalue weighted by molar-refractivity contribution is -0.118. The quantitative estimate of drug-likeness (QED) is 0.348. The van der Waals surface area contributed by atoms with E-state index >= 15 is 0 Å². The fourth-order valence-corrected chi connectivity index (χ4v) is 4.98. The lowest BCUT2D eigenvalue weighted by Gasteiger charge is -2.34. The molecule has 0 saturated carbocycles. The van der Waals surface area contributed by atoms with Crippen LogP contribution in [0.2, 0.25) is 0 Å². The van der Waals surface area contributed by atoms with E-state index in [1.165, 1.54) is 0 Å². The van der Waals surface area contributed by atoms with Crippen LogP contribution >= 0.6 is 12.2 Å². The summed E-state index contributed by atoms with van der Waals surface area (Å²) in [6.45, 7) is 1.85. The molecule has 2 aliphatic rings. The van der Waals surface area contributed by atoms with Crippen LogP contribution in [0.4, 0.5) is 17.3 Å². The smallest absolute Gasteiger partial charge is 0.258 e. The van der Waals surface area contributed by atoms with Crippen LogP contribution in [-0.4, -0.2) is 25.7 Å². The first-order valence-electron chi connectivity index (χ1n) is 9.72. The second-order valence-electron chi connectivity index (χ2n) is 7.59. The van der Waals surface area contributed by atoms with Crippen molar-refractivity contribution in [3.8, 4) is 5.69 Å². The SMILES string of the molecule is Cc1nn(-c2ccccc2)c2c1[C@]1(C(=O)Nc3ccccc31)c1c([nH]c(=S)[nH]c1=O)N2. The van der Waals surface area contributed by atoms with Gasteiger partial charge in [-0.25, -0.2) is 4.68 Å². The zero-order valence-electron chi connectivity index (χ0n) is 16.3. The molecule has 4 heterocycles. The Balaban J connectivity index is 1.80. The van der Waals surface area contributed by atoms with Crippen LogP contribution in [0.15, 0.2) is 59.4 Å². The van der Waals surface area contributed by atoms with Crippen molar-refractivity contribution in [2.45, 2.75) is 12.3 Å². The minimum absolute atomic E-state index is 0.170. The molecular formula is C22H16N6O2S. The van der Waals surface area contributed by atoms with Crippen LogP contribution in [0.5, 0.6) is 0 Å². The van der Waals surface area contributed by atoms with Gasteiger partial charge in [0.25, 0.3) is 5.56 Å². The maximum Gasteiger partial charge on any atom is 0.258 e. The zero-order chi connectivity index (χ0) is 21.3. The van der Waals surface area contributed by atoms with Gasteiger partial charge in [0.1, 0.15) is 17.1 Å². The molecule has 0 aliphatic carbocycles. The Morgan fingerprint density at radius 2 is 1.68 bits per heavy atom. The van der Waals surface area contributed by atoms with Crippen molar-refractivity contribution in [2.75, 3.05) is 10.6 Å². The monoisotopic (exact) mass is 428 g/mol. The minimum atomic E-state index is -1.36. The molecule has 1 amide bonds. The second kappa shape index (κ2) is 6.02. The average Bonchev–Trinajstić information content (AvgIpc) is 3.23. The molecule has 1 spiro atoms. The van der Waals surface area contributed by atoms with Crippen LogP contribution in [-0.2, 0) is 10.2 Å². The van der Waals surface area contributed by atoms with E-state index in [9.17, 15) is 9.59 Å². The van der Waals surface area contributed by atoms with Crippen LogP contribution in [0, 0.1) is 11.7 Å². The zero-order valence-corrected chi connectivity index (χ0v) is 17.1. The number of para-hydroxylation sites is 2. The molecule has 1 atom stereocenters. The summed E-state index contributed by atoms with van der Waals surface area (Å²) < 4.78 is 1.92. The summed E-state index contributed by atoms with van der Waals surface area (Å²) in [6.07, 6.45) is 0. The number of aromatic nitrogens is 4. The number of hydrogen-bond acceptors (Lipinski definition) is 5. The van der Waals surface area contributed by atoms with Crippen molar-refractivity contribution in [1.29, 1.82) is 0 Å². The van der Waals surface area contributed by atoms with E-state index < -0.39 is 11.0 Å². The van der Waals surface area contributed by atoms with Gasteiger partial charge in [0, 0.05) is 16.8 Å². The van der Waals surface area contributed by atoms with Crippen molar-refractivity contribution in [2.24, 2.45) is 0 Å². The molecule has 9 heteroatoms. The number of carbonyl (C=O) groups is 1. The molecule has 0 fully saturated rings. The summed E-state index contributed by atoms with van der Waals surface area (Å²) in [5.41, 5.74) is 1.97. The molecule has 31 heavy (non-hydrogen) atoms. The van der Waals surface area contributed by atoms with Gasteiger partial charge in [-0.05, 0) is 37.3 Å². The number of nitrogens with one attached hydrogen (secondary N) is 4. The number of benzene rings is 2. The maximum absolute atomic E-state index is 13.7. The Bertz CT molecular complexity index is 1520. The number of fused-ring (bicyclic) bond motifs is 6. The molecule has 6 rings (SSSR count). The summed E-state index contributed by atoms with van der Waals surface area (Å²) in [5.74, 6) is 0.689. The number of aromatic amines is 2. The second-order valence-corrected chi connectivity index (χ2v) is 8.00. The fourth-order valence-electron chi connectivity index (χ4n) is 4.78. The fraction of sp³-hybridized carbons (Fsp3) is 0.0909. The standard InChI is InChI=1S/C22H16N6O2S/c1-11-15-18(28(27-11)12-7-3-2-4-8-12)24-17-16(19(29)26-21(31)25-17)22(15)13-9-5-6-10-14(13)23-20(22)30/h2-10H,1H3,(H,23,30)(H3,24,25,26,29,31)/t22-/m0/s1. The minimum Gasteiger partial charge on any atom is -0.326 e. The highest BCUT2D eigenvalue weighted by molar-refractivity contribution is 7.71. The van der Waals surface area contributed by atoms with E-state index in [4.69, 9.17) is 17.3 Å². The Hall–Kier alpha value is -3.98. The van der Waals surface area contributed by atoms with Gasteiger partial charge in [-0.15, -0.1) is 0 Å². The largest absolute Gasteiger partial charge is 0.326 e. The third-order valence-corrected chi connectivity index (χ3v) is 6.12. The lowest BCUT2D eigenvalue weighted by atomic mass is 9.69. The molecule has 0 bridgehead atoms. The van der Waals surface area contributed by atoms with Crippen LogP contribution in [0.1, 0.15) is 22.4 Å². The molecule has 2 aliphatic heterocycles. The Morgan fingerprint density at radius 1 is 0.935 bits per heavy atom. The third kappa shape index (κ3) is 2.18. The summed E-state index contributed by atoms with van der Waals surface area (Å²) in [4.78, 5) is 32.6. The normalized spacial score (nSPS) is 18.2. The van der Waals surface area contributed by atoms with E-state index in [1.54, 1.807) is 4.68 Å².